The van der Waals surface area contributed by atoms with Gasteiger partial charge in [0, 0.05) is 23.5 Å². The molecular weight excluding hydrogens is 435 g/mol. The molecule has 3 N–H and O–H groups in total. The van der Waals surface area contributed by atoms with Crippen LogP contribution in [-0.2, 0) is 21.7 Å². The van der Waals surface area contributed by atoms with Crippen LogP contribution in [0.15, 0.2) is 42.5 Å². The number of benzene rings is 2. The number of aliphatic carboxylic acids is 1. The number of aromatic hydroxyl groups is 1. The molecule has 0 aromatic heterocycles. The average molecular weight is 469 g/mol. The number of ether oxygens (including phenoxy) is 2. The van der Waals surface area contributed by atoms with Crippen molar-refractivity contribution in [2.75, 3.05) is 0 Å². The second kappa shape index (κ2) is 13.1. The topological polar surface area (TPSA) is 113 Å². The third kappa shape index (κ3) is 7.29. The van der Waals surface area contributed by atoms with Crippen LogP contribution in [0, 0.1) is 5.92 Å². The molecule has 0 amide bonds. The van der Waals surface area contributed by atoms with E-state index in [1.807, 2.05) is 6.92 Å². The molecule has 33 heavy (non-hydrogen) atoms. The van der Waals surface area contributed by atoms with Gasteiger partial charge in [0.25, 0.3) is 0 Å². The van der Waals surface area contributed by atoms with Crippen LogP contribution in [0.4, 0.5) is 0 Å². The van der Waals surface area contributed by atoms with Crippen molar-refractivity contribution >= 4 is 11.8 Å². The van der Waals surface area contributed by atoms with Crippen LogP contribution in [0.2, 0.25) is 0 Å². The Morgan fingerprint density at radius 2 is 1.76 bits per heavy atom. The summed E-state index contributed by atoms with van der Waals surface area (Å²) in [6.07, 6.45) is 0.297. The SMILES string of the molecule is CCCc1c(OC(CC)OC(O)(c2ccccc2)C(C)CC(=O)O)ccc(C(C)=O)c1O.[H-].[Na+]. The molecule has 3 unspecified atom stereocenters. The molecule has 0 heterocycles. The molecule has 0 aliphatic carbocycles. The zero-order chi connectivity index (χ0) is 23.9. The van der Waals surface area contributed by atoms with Gasteiger partial charge in [0.05, 0.1) is 12.0 Å². The van der Waals surface area contributed by atoms with E-state index in [0.717, 1.165) is 0 Å². The van der Waals surface area contributed by atoms with E-state index in [-0.39, 0.29) is 54.5 Å². The maximum absolute atomic E-state index is 11.8. The van der Waals surface area contributed by atoms with Crippen molar-refractivity contribution in [2.24, 2.45) is 5.92 Å². The standard InChI is InChI=1S/C25H32O7.Na.H/c1-5-10-20-21(14-13-19(17(4)26)24(20)29)31-23(6-2)32-25(30,16(3)15-22(27)28)18-11-8-7-9-12-18;;/h7-9,11-14,16,23,29-30H,5-6,10,15H2,1-4H3,(H,27,28);;/q;+1;-1. The van der Waals surface area contributed by atoms with E-state index in [0.29, 0.717) is 36.1 Å². The van der Waals surface area contributed by atoms with E-state index in [1.54, 1.807) is 50.2 Å². The molecule has 0 radical (unpaired) electrons. The molecule has 8 heteroatoms. The fraction of sp³-hybridized carbons (Fsp3) is 0.440. The van der Waals surface area contributed by atoms with Gasteiger partial charge in [-0.25, -0.2) is 0 Å². The molecule has 7 nitrogen and oxygen atoms in total. The number of phenols is 1. The van der Waals surface area contributed by atoms with Gasteiger partial charge in [-0.3, -0.25) is 9.59 Å². The van der Waals surface area contributed by atoms with Gasteiger partial charge in [0.15, 0.2) is 11.6 Å². The van der Waals surface area contributed by atoms with Gasteiger partial charge in [-0.2, -0.15) is 0 Å². The van der Waals surface area contributed by atoms with Crippen LogP contribution in [0.3, 0.4) is 0 Å². The molecule has 2 rings (SSSR count). The minimum absolute atomic E-state index is 0. The summed E-state index contributed by atoms with van der Waals surface area (Å²) in [5, 5.41) is 31.3. The molecule has 0 saturated heterocycles. The van der Waals surface area contributed by atoms with Gasteiger partial charge >= 0.3 is 35.5 Å². The van der Waals surface area contributed by atoms with Gasteiger partial charge in [-0.1, -0.05) is 57.5 Å². The molecule has 0 aliphatic rings. The third-order valence-corrected chi connectivity index (χ3v) is 5.36. The maximum atomic E-state index is 11.8. The molecule has 0 fully saturated rings. The van der Waals surface area contributed by atoms with Crippen molar-refractivity contribution in [3.8, 4) is 11.5 Å². The van der Waals surface area contributed by atoms with E-state index < -0.39 is 24.0 Å². The number of carboxylic acids is 1. The maximum Gasteiger partial charge on any atom is 1.00 e. The molecule has 3 atom stereocenters. The average Bonchev–Trinajstić information content (AvgIpc) is 2.75. The fourth-order valence-electron chi connectivity index (χ4n) is 3.58. The Bertz CT molecular complexity index is 938. The number of carboxylic acid groups (broad SMARTS) is 1. The minimum Gasteiger partial charge on any atom is -1.00 e. The Hall–Kier alpha value is -1.90. The number of rotatable bonds is 12. The quantitative estimate of drug-likeness (QED) is 0.247. The first kappa shape index (κ1) is 29.1. The molecule has 176 valence electrons. The number of carbonyl (C=O) groups is 2. The van der Waals surface area contributed by atoms with Gasteiger partial charge in [0.2, 0.25) is 6.29 Å². The smallest absolute Gasteiger partial charge is 1.00 e. The van der Waals surface area contributed by atoms with E-state index in [1.165, 1.54) is 13.0 Å². The summed E-state index contributed by atoms with van der Waals surface area (Å²) in [5.41, 5.74) is 1.12. The summed E-state index contributed by atoms with van der Waals surface area (Å²) in [7, 11) is 0. The Morgan fingerprint density at radius 1 is 1.12 bits per heavy atom. The summed E-state index contributed by atoms with van der Waals surface area (Å²) in [4.78, 5) is 23.1. The number of Topliss-reactive ketones (excluding diaryl/α,β-unsaturated/α-hetero) is 1. The van der Waals surface area contributed by atoms with Crippen molar-refractivity contribution < 1.29 is 65.4 Å². The Balaban J connectivity index is 0.00000544. The van der Waals surface area contributed by atoms with Crippen LogP contribution in [0.1, 0.15) is 69.9 Å². The van der Waals surface area contributed by atoms with E-state index in [4.69, 9.17) is 9.47 Å². The Kier molecular flexibility index (Phi) is 11.6. The monoisotopic (exact) mass is 468 g/mol. The number of ketones is 1. The zero-order valence-corrected chi connectivity index (χ0v) is 22.0. The van der Waals surface area contributed by atoms with Crippen molar-refractivity contribution in [1.82, 2.24) is 0 Å². The molecule has 2 aromatic rings. The third-order valence-electron chi connectivity index (χ3n) is 5.36. The Labute approximate surface area is 218 Å². The number of phenolic OH excluding ortho intramolecular Hbond substituents is 1. The van der Waals surface area contributed by atoms with Gasteiger partial charge in [-0.15, -0.1) is 0 Å². The van der Waals surface area contributed by atoms with Crippen LogP contribution in [-0.4, -0.2) is 33.4 Å². The molecule has 0 saturated carbocycles. The van der Waals surface area contributed by atoms with Gasteiger partial charge in [-0.05, 0) is 25.5 Å². The summed E-state index contributed by atoms with van der Waals surface area (Å²) in [6, 6.07) is 11.7. The van der Waals surface area contributed by atoms with Crippen molar-refractivity contribution in [3.05, 3.63) is 59.2 Å². The molecule has 0 aliphatic heterocycles. The summed E-state index contributed by atoms with van der Waals surface area (Å²) >= 11 is 0. The van der Waals surface area contributed by atoms with Crippen molar-refractivity contribution in [2.45, 2.75) is 65.5 Å². The zero-order valence-electron chi connectivity index (χ0n) is 21.0. The van der Waals surface area contributed by atoms with Crippen LogP contribution in [0.25, 0.3) is 0 Å². The van der Waals surface area contributed by atoms with Gasteiger partial charge in [0.1, 0.15) is 11.5 Å². The number of hydrogen-bond donors (Lipinski definition) is 3. The largest absolute Gasteiger partial charge is 1.00 e. The molecule has 0 bridgehead atoms. The van der Waals surface area contributed by atoms with Gasteiger partial charge < -0.3 is 26.2 Å². The number of carbonyl (C=O) groups excluding carboxylic acids is 1. The normalized spacial score (nSPS) is 14.5. The van der Waals surface area contributed by atoms with Crippen molar-refractivity contribution in [1.29, 1.82) is 0 Å². The summed E-state index contributed by atoms with van der Waals surface area (Å²) < 4.78 is 12.0. The molecular formula is C25H33NaO7. The van der Waals surface area contributed by atoms with E-state index in [2.05, 4.69) is 0 Å². The second-order valence-corrected chi connectivity index (χ2v) is 7.88. The van der Waals surface area contributed by atoms with Crippen LogP contribution < -0.4 is 34.3 Å². The first-order valence-corrected chi connectivity index (χ1v) is 10.8. The first-order valence-electron chi connectivity index (χ1n) is 10.8. The predicted molar refractivity (Wildman–Crippen MR) is 121 cm³/mol. The Morgan fingerprint density at radius 3 is 2.27 bits per heavy atom. The van der Waals surface area contributed by atoms with Crippen LogP contribution >= 0.6 is 0 Å². The number of aliphatic hydroxyl groups is 1. The van der Waals surface area contributed by atoms with Crippen molar-refractivity contribution in [3.63, 3.8) is 0 Å². The number of hydrogen-bond acceptors (Lipinski definition) is 6. The second-order valence-electron chi connectivity index (χ2n) is 7.88. The first-order chi connectivity index (χ1) is 15.1. The minimum atomic E-state index is -1.91. The fourth-order valence-corrected chi connectivity index (χ4v) is 3.58. The summed E-state index contributed by atoms with van der Waals surface area (Å²) in [6.45, 7) is 6.73. The summed E-state index contributed by atoms with van der Waals surface area (Å²) in [5.74, 6) is -3.77. The van der Waals surface area contributed by atoms with E-state index in [9.17, 15) is 24.9 Å². The van der Waals surface area contributed by atoms with E-state index >= 15 is 0 Å². The predicted octanol–water partition coefficient (Wildman–Crippen LogP) is 1.75. The molecule has 0 spiro atoms. The van der Waals surface area contributed by atoms with Crippen LogP contribution in [0.5, 0.6) is 11.5 Å². The molecule has 2 aromatic carbocycles.